The van der Waals surface area contributed by atoms with E-state index in [9.17, 15) is 4.79 Å². The smallest absolute Gasteiger partial charge is 0.329 e. The Morgan fingerprint density at radius 3 is 2.95 bits per heavy atom. The number of aromatic nitrogens is 4. The van der Waals surface area contributed by atoms with Crippen molar-refractivity contribution in [1.29, 1.82) is 5.26 Å². The fraction of sp³-hybridized carbons (Fsp3) is 0.143. The van der Waals surface area contributed by atoms with Crippen LogP contribution in [0.25, 0.3) is 5.65 Å². The predicted molar refractivity (Wildman–Crippen MR) is 77.6 cm³/mol. The zero-order chi connectivity index (χ0) is 15.0. The molecule has 0 saturated carbocycles. The number of hydrogen-bond donors (Lipinski definition) is 1. The summed E-state index contributed by atoms with van der Waals surface area (Å²) in [6.07, 6.45) is 0. The van der Waals surface area contributed by atoms with E-state index in [1.807, 2.05) is 24.1 Å². The Kier molecular flexibility index (Phi) is 2.92. The van der Waals surface area contributed by atoms with Crippen molar-refractivity contribution in [3.05, 3.63) is 52.2 Å². The second-order valence-electron chi connectivity index (χ2n) is 4.61. The van der Waals surface area contributed by atoms with Gasteiger partial charge in [0.05, 0.1) is 11.6 Å². The summed E-state index contributed by atoms with van der Waals surface area (Å²) in [5.41, 5.74) is 1.61. The SMILES string of the molecule is Cc1nc(N(C)c2cccc(C#N)c2)cc2n[nH]c(=O)n12. The lowest BCUT2D eigenvalue weighted by atomic mass is 10.2. The van der Waals surface area contributed by atoms with Crippen LogP contribution in [0, 0.1) is 18.3 Å². The molecule has 1 N–H and O–H groups in total. The quantitative estimate of drug-likeness (QED) is 0.765. The van der Waals surface area contributed by atoms with Gasteiger partial charge in [-0.25, -0.2) is 19.3 Å². The standard InChI is InChI=1S/C14H12N6O/c1-9-16-12(7-13-17-18-14(21)20(9)13)19(2)11-5-3-4-10(6-11)8-15/h3-7H,1-2H3,(H,18,21). The van der Waals surface area contributed by atoms with E-state index < -0.39 is 0 Å². The Morgan fingerprint density at radius 2 is 2.19 bits per heavy atom. The number of hydrogen-bond acceptors (Lipinski definition) is 5. The van der Waals surface area contributed by atoms with Crippen LogP contribution >= 0.6 is 0 Å². The van der Waals surface area contributed by atoms with E-state index >= 15 is 0 Å². The number of nitriles is 1. The Bertz CT molecular complexity index is 917. The number of nitrogens with one attached hydrogen (secondary N) is 1. The van der Waals surface area contributed by atoms with Crippen LogP contribution in [0.1, 0.15) is 11.4 Å². The zero-order valence-electron chi connectivity index (χ0n) is 11.5. The van der Waals surface area contributed by atoms with Crippen molar-refractivity contribution in [2.45, 2.75) is 6.92 Å². The van der Waals surface area contributed by atoms with E-state index in [0.717, 1.165) is 5.69 Å². The molecule has 0 aliphatic heterocycles. The third-order valence-corrected chi connectivity index (χ3v) is 3.26. The van der Waals surface area contributed by atoms with Gasteiger partial charge in [-0.1, -0.05) is 6.07 Å². The molecule has 21 heavy (non-hydrogen) atoms. The lowest BCUT2D eigenvalue weighted by Gasteiger charge is -2.19. The Morgan fingerprint density at radius 1 is 1.38 bits per heavy atom. The maximum absolute atomic E-state index is 11.6. The van der Waals surface area contributed by atoms with Gasteiger partial charge in [0.2, 0.25) is 0 Å². The molecule has 0 saturated heterocycles. The first kappa shape index (κ1) is 12.9. The van der Waals surface area contributed by atoms with Gasteiger partial charge in [0.15, 0.2) is 5.65 Å². The van der Waals surface area contributed by atoms with Gasteiger partial charge in [0, 0.05) is 18.8 Å². The second kappa shape index (κ2) is 4.76. The molecule has 0 aliphatic carbocycles. The van der Waals surface area contributed by atoms with Crippen LogP contribution in [0.4, 0.5) is 11.5 Å². The molecular weight excluding hydrogens is 268 g/mol. The first-order valence-corrected chi connectivity index (χ1v) is 6.29. The van der Waals surface area contributed by atoms with Gasteiger partial charge >= 0.3 is 5.69 Å². The molecule has 0 bridgehead atoms. The molecule has 3 aromatic rings. The van der Waals surface area contributed by atoms with E-state index in [1.165, 1.54) is 4.40 Å². The van der Waals surface area contributed by atoms with E-state index in [0.29, 0.717) is 22.9 Å². The van der Waals surface area contributed by atoms with E-state index in [2.05, 4.69) is 21.3 Å². The van der Waals surface area contributed by atoms with E-state index in [-0.39, 0.29) is 5.69 Å². The van der Waals surface area contributed by atoms with Crippen molar-refractivity contribution in [3.8, 4) is 6.07 Å². The molecule has 0 atom stereocenters. The predicted octanol–water partition coefficient (Wildman–Crippen LogP) is 1.37. The Hall–Kier alpha value is -3.14. The number of nitrogens with zero attached hydrogens (tertiary/aromatic N) is 5. The van der Waals surface area contributed by atoms with Gasteiger partial charge in [-0.3, -0.25) is 0 Å². The molecule has 104 valence electrons. The second-order valence-corrected chi connectivity index (χ2v) is 4.61. The number of H-pyrrole nitrogens is 1. The highest BCUT2D eigenvalue weighted by molar-refractivity contribution is 5.64. The minimum Gasteiger partial charge on any atom is -0.329 e. The van der Waals surface area contributed by atoms with E-state index in [1.54, 1.807) is 25.1 Å². The van der Waals surface area contributed by atoms with Crippen molar-refractivity contribution in [3.63, 3.8) is 0 Å². The first-order chi connectivity index (χ1) is 10.1. The van der Waals surface area contributed by atoms with Gasteiger partial charge in [0.1, 0.15) is 11.6 Å². The molecule has 0 aliphatic rings. The maximum atomic E-state index is 11.6. The molecule has 7 nitrogen and oxygen atoms in total. The van der Waals surface area contributed by atoms with Gasteiger partial charge in [-0.2, -0.15) is 10.4 Å². The van der Waals surface area contributed by atoms with Gasteiger partial charge in [-0.15, -0.1) is 0 Å². The Labute approximate surface area is 120 Å². The number of benzene rings is 1. The molecule has 2 heterocycles. The van der Waals surface area contributed by atoms with Crippen LogP contribution in [-0.4, -0.2) is 26.6 Å². The van der Waals surface area contributed by atoms with Crippen LogP contribution in [0.2, 0.25) is 0 Å². The molecule has 2 aromatic heterocycles. The third kappa shape index (κ3) is 2.12. The summed E-state index contributed by atoms with van der Waals surface area (Å²) < 4.78 is 1.41. The molecule has 0 unspecified atom stereocenters. The first-order valence-electron chi connectivity index (χ1n) is 6.29. The Balaban J connectivity index is 2.11. The summed E-state index contributed by atoms with van der Waals surface area (Å²) in [6.45, 7) is 1.74. The molecule has 0 radical (unpaired) electrons. The van der Waals surface area contributed by atoms with Gasteiger partial charge in [0.25, 0.3) is 0 Å². The molecular formula is C14H12N6O. The monoisotopic (exact) mass is 280 g/mol. The average molecular weight is 280 g/mol. The van der Waals surface area contributed by atoms with Crippen LogP contribution < -0.4 is 10.6 Å². The summed E-state index contributed by atoms with van der Waals surface area (Å²) >= 11 is 0. The summed E-state index contributed by atoms with van der Waals surface area (Å²) in [6, 6.07) is 11.0. The van der Waals surface area contributed by atoms with Gasteiger partial charge in [-0.05, 0) is 25.1 Å². The van der Waals surface area contributed by atoms with E-state index in [4.69, 9.17) is 5.26 Å². The third-order valence-electron chi connectivity index (χ3n) is 3.26. The number of anilines is 2. The van der Waals surface area contributed by atoms with Crippen molar-refractivity contribution in [2.75, 3.05) is 11.9 Å². The van der Waals surface area contributed by atoms with Crippen LogP contribution in [-0.2, 0) is 0 Å². The summed E-state index contributed by atoms with van der Waals surface area (Å²) in [5, 5.41) is 15.3. The molecule has 0 spiro atoms. The molecule has 0 fully saturated rings. The number of rotatable bonds is 2. The van der Waals surface area contributed by atoms with Crippen molar-refractivity contribution in [2.24, 2.45) is 0 Å². The lowest BCUT2D eigenvalue weighted by Crippen LogP contribution is -2.17. The van der Waals surface area contributed by atoms with Crippen molar-refractivity contribution < 1.29 is 0 Å². The molecule has 1 aromatic carbocycles. The summed E-state index contributed by atoms with van der Waals surface area (Å²) in [4.78, 5) is 17.8. The normalized spacial score (nSPS) is 10.5. The van der Waals surface area contributed by atoms with Crippen molar-refractivity contribution in [1.82, 2.24) is 19.6 Å². The fourth-order valence-corrected chi connectivity index (χ4v) is 2.17. The molecule has 7 heteroatoms. The van der Waals surface area contributed by atoms with Crippen LogP contribution in [0.3, 0.4) is 0 Å². The fourth-order valence-electron chi connectivity index (χ4n) is 2.17. The largest absolute Gasteiger partial charge is 0.349 e. The highest BCUT2D eigenvalue weighted by atomic mass is 16.1. The number of fused-ring (bicyclic) bond motifs is 1. The number of aromatic amines is 1. The topological polar surface area (TPSA) is 90.1 Å². The minimum atomic E-state index is -0.310. The molecule has 0 amide bonds. The average Bonchev–Trinajstić information content (AvgIpc) is 2.88. The molecule has 3 rings (SSSR count). The number of aryl methyl sites for hydroxylation is 1. The summed E-state index contributed by atoms with van der Waals surface area (Å²) in [7, 11) is 1.85. The summed E-state index contributed by atoms with van der Waals surface area (Å²) in [5.74, 6) is 1.19. The zero-order valence-corrected chi connectivity index (χ0v) is 11.5. The van der Waals surface area contributed by atoms with Gasteiger partial charge < -0.3 is 4.90 Å². The van der Waals surface area contributed by atoms with Crippen LogP contribution in [0.15, 0.2) is 35.1 Å². The lowest BCUT2D eigenvalue weighted by molar-refractivity contribution is 0.926. The van der Waals surface area contributed by atoms with Crippen molar-refractivity contribution >= 4 is 17.2 Å². The highest BCUT2D eigenvalue weighted by Gasteiger charge is 2.11. The highest BCUT2D eigenvalue weighted by Crippen LogP contribution is 2.23. The van der Waals surface area contributed by atoms with Crippen LogP contribution in [0.5, 0.6) is 0 Å². The minimum absolute atomic E-state index is 0.310. The maximum Gasteiger partial charge on any atom is 0.349 e.